The van der Waals surface area contributed by atoms with Gasteiger partial charge in [-0.3, -0.25) is 14.9 Å². The normalized spacial score (nSPS) is 23.4. The van der Waals surface area contributed by atoms with Gasteiger partial charge in [-0.1, -0.05) is 0 Å². The molecular formula is C17H25N5O5. The fraction of sp³-hybridized carbons (Fsp3) is 0.706. The van der Waals surface area contributed by atoms with Crippen molar-refractivity contribution in [3.8, 4) is 0 Å². The van der Waals surface area contributed by atoms with Crippen LogP contribution >= 0.6 is 0 Å². The number of nitrogens with zero attached hydrogens (tertiary/aromatic N) is 3. The molecule has 3 rings (SSSR count). The number of ether oxygens (including phenoxy) is 2. The lowest BCUT2D eigenvalue weighted by Gasteiger charge is -2.28. The van der Waals surface area contributed by atoms with E-state index in [0.717, 1.165) is 25.7 Å². The monoisotopic (exact) mass is 379 g/mol. The molecule has 0 atom stereocenters. The summed E-state index contributed by atoms with van der Waals surface area (Å²) in [5.74, 6) is 0.299. The van der Waals surface area contributed by atoms with E-state index in [9.17, 15) is 14.9 Å². The molecule has 1 aliphatic carbocycles. The van der Waals surface area contributed by atoms with Crippen LogP contribution < -0.4 is 10.6 Å². The van der Waals surface area contributed by atoms with Crippen LogP contribution in [0.1, 0.15) is 38.5 Å². The molecule has 1 aromatic heterocycles. The molecule has 10 nitrogen and oxygen atoms in total. The van der Waals surface area contributed by atoms with Crippen LogP contribution in [-0.2, 0) is 14.3 Å². The summed E-state index contributed by atoms with van der Waals surface area (Å²) in [5, 5.41) is 17.7. The zero-order valence-corrected chi connectivity index (χ0v) is 15.3. The van der Waals surface area contributed by atoms with Gasteiger partial charge in [0.05, 0.1) is 18.0 Å². The van der Waals surface area contributed by atoms with Gasteiger partial charge in [-0.2, -0.15) is 4.98 Å². The number of esters is 1. The average molecular weight is 379 g/mol. The standard InChI is InChI=1S/C17H25N5O5/c1-26-16(23)11-2-4-12(5-3-11)19-15-14(22(24)25)10-18-17(21-15)20-13-6-8-27-9-7-13/h10-13H,2-9H2,1H3,(H2,18,19,20,21). The summed E-state index contributed by atoms with van der Waals surface area (Å²) >= 11 is 0. The Balaban J connectivity index is 1.66. The minimum atomic E-state index is -0.485. The van der Waals surface area contributed by atoms with E-state index in [4.69, 9.17) is 9.47 Å². The Morgan fingerprint density at radius 3 is 2.48 bits per heavy atom. The third-order valence-corrected chi connectivity index (χ3v) is 5.12. The van der Waals surface area contributed by atoms with Crippen molar-refractivity contribution in [3.05, 3.63) is 16.3 Å². The van der Waals surface area contributed by atoms with Crippen LogP contribution in [0.5, 0.6) is 0 Å². The van der Waals surface area contributed by atoms with Crippen molar-refractivity contribution < 1.29 is 19.2 Å². The molecule has 148 valence electrons. The van der Waals surface area contributed by atoms with Gasteiger partial charge in [-0.25, -0.2) is 4.98 Å². The van der Waals surface area contributed by atoms with Crippen molar-refractivity contribution >= 4 is 23.4 Å². The number of nitrogens with one attached hydrogen (secondary N) is 2. The smallest absolute Gasteiger partial charge is 0.329 e. The molecule has 1 aromatic rings. The maximum Gasteiger partial charge on any atom is 0.329 e. The van der Waals surface area contributed by atoms with E-state index in [2.05, 4.69) is 20.6 Å². The van der Waals surface area contributed by atoms with Crippen molar-refractivity contribution in [1.82, 2.24) is 9.97 Å². The molecule has 10 heteroatoms. The van der Waals surface area contributed by atoms with E-state index in [0.29, 0.717) is 32.0 Å². The van der Waals surface area contributed by atoms with Crippen molar-refractivity contribution in [1.29, 1.82) is 0 Å². The summed E-state index contributed by atoms with van der Waals surface area (Å²) in [6.07, 6.45) is 5.76. The molecule has 0 bridgehead atoms. The summed E-state index contributed by atoms with van der Waals surface area (Å²) in [6, 6.07) is 0.221. The van der Waals surface area contributed by atoms with E-state index in [-0.39, 0.29) is 35.5 Å². The number of hydrogen-bond donors (Lipinski definition) is 2. The zero-order chi connectivity index (χ0) is 19.2. The largest absolute Gasteiger partial charge is 0.469 e. The maximum atomic E-state index is 11.6. The Labute approximate surface area is 157 Å². The molecule has 2 fully saturated rings. The molecule has 0 radical (unpaired) electrons. The zero-order valence-electron chi connectivity index (χ0n) is 15.3. The first-order chi connectivity index (χ1) is 13.1. The Kier molecular flexibility index (Phi) is 6.38. The van der Waals surface area contributed by atoms with E-state index in [1.54, 1.807) is 0 Å². The number of carbonyl (C=O) groups excluding carboxylic acids is 1. The van der Waals surface area contributed by atoms with Gasteiger partial charge in [0.2, 0.25) is 11.8 Å². The fourth-order valence-electron chi connectivity index (χ4n) is 3.54. The van der Waals surface area contributed by atoms with Crippen LogP contribution in [-0.4, -0.2) is 53.3 Å². The van der Waals surface area contributed by atoms with Gasteiger partial charge in [0, 0.05) is 25.3 Å². The second-order valence-corrected chi connectivity index (χ2v) is 6.93. The van der Waals surface area contributed by atoms with Gasteiger partial charge in [-0.15, -0.1) is 0 Å². The van der Waals surface area contributed by atoms with Gasteiger partial charge < -0.3 is 20.1 Å². The van der Waals surface area contributed by atoms with Crippen molar-refractivity contribution in [2.75, 3.05) is 31.0 Å². The van der Waals surface area contributed by atoms with Crippen LogP contribution in [0.15, 0.2) is 6.20 Å². The predicted molar refractivity (Wildman–Crippen MR) is 97.5 cm³/mol. The SMILES string of the molecule is COC(=O)C1CCC(Nc2nc(NC3CCOCC3)ncc2[N+](=O)[O-])CC1. The first kappa shape index (κ1) is 19.3. The van der Waals surface area contributed by atoms with Gasteiger partial charge in [-0.05, 0) is 38.5 Å². The molecule has 1 saturated carbocycles. The summed E-state index contributed by atoms with van der Waals surface area (Å²) in [4.78, 5) is 30.9. The highest BCUT2D eigenvalue weighted by molar-refractivity contribution is 5.72. The molecule has 0 spiro atoms. The number of carbonyl (C=O) groups is 1. The molecule has 0 unspecified atom stereocenters. The number of anilines is 2. The highest BCUT2D eigenvalue weighted by atomic mass is 16.6. The number of hydrogen-bond acceptors (Lipinski definition) is 9. The summed E-state index contributed by atoms with van der Waals surface area (Å²) < 4.78 is 10.1. The molecule has 2 N–H and O–H groups in total. The quantitative estimate of drug-likeness (QED) is 0.434. The van der Waals surface area contributed by atoms with Gasteiger partial charge >= 0.3 is 11.7 Å². The maximum absolute atomic E-state index is 11.6. The number of rotatable bonds is 6. The number of nitro groups is 1. The molecule has 2 heterocycles. The molecule has 27 heavy (non-hydrogen) atoms. The first-order valence-corrected chi connectivity index (χ1v) is 9.27. The highest BCUT2D eigenvalue weighted by Gasteiger charge is 2.29. The number of aromatic nitrogens is 2. The highest BCUT2D eigenvalue weighted by Crippen LogP contribution is 2.30. The van der Waals surface area contributed by atoms with Gasteiger partial charge in [0.25, 0.3) is 0 Å². The molecule has 1 aliphatic heterocycles. The van der Waals surface area contributed by atoms with Crippen molar-refractivity contribution in [2.45, 2.75) is 50.6 Å². The summed E-state index contributed by atoms with van der Waals surface area (Å²) in [6.45, 7) is 1.36. The third kappa shape index (κ3) is 5.03. The van der Waals surface area contributed by atoms with E-state index >= 15 is 0 Å². The lowest BCUT2D eigenvalue weighted by Crippen LogP contribution is -2.31. The average Bonchev–Trinajstić information content (AvgIpc) is 2.69. The summed E-state index contributed by atoms with van der Waals surface area (Å²) in [5.41, 5.74) is -0.150. The Bertz CT molecular complexity index is 672. The Morgan fingerprint density at radius 2 is 1.85 bits per heavy atom. The van der Waals surface area contributed by atoms with Crippen molar-refractivity contribution in [3.63, 3.8) is 0 Å². The lowest BCUT2D eigenvalue weighted by atomic mass is 9.86. The third-order valence-electron chi connectivity index (χ3n) is 5.12. The second-order valence-electron chi connectivity index (χ2n) is 6.93. The molecule has 0 aromatic carbocycles. The van der Waals surface area contributed by atoms with E-state index in [1.165, 1.54) is 13.3 Å². The van der Waals surface area contributed by atoms with Gasteiger partial charge in [0.15, 0.2) is 0 Å². The lowest BCUT2D eigenvalue weighted by molar-refractivity contribution is -0.384. The van der Waals surface area contributed by atoms with Gasteiger partial charge in [0.1, 0.15) is 6.20 Å². The van der Waals surface area contributed by atoms with Crippen molar-refractivity contribution in [2.24, 2.45) is 5.92 Å². The Morgan fingerprint density at radius 1 is 1.19 bits per heavy atom. The number of methoxy groups -OCH3 is 1. The molecule has 1 saturated heterocycles. The predicted octanol–water partition coefficient (Wildman–Crippen LogP) is 2.12. The second kappa shape index (κ2) is 8.94. The molecule has 2 aliphatic rings. The molecular weight excluding hydrogens is 354 g/mol. The van der Waals surface area contributed by atoms with Crippen LogP contribution in [0.3, 0.4) is 0 Å². The first-order valence-electron chi connectivity index (χ1n) is 9.27. The summed E-state index contributed by atoms with van der Waals surface area (Å²) in [7, 11) is 1.39. The Hall–Kier alpha value is -2.49. The minimum Gasteiger partial charge on any atom is -0.469 e. The fourth-order valence-corrected chi connectivity index (χ4v) is 3.54. The van der Waals surface area contributed by atoms with Crippen LogP contribution in [0.4, 0.5) is 17.5 Å². The van der Waals surface area contributed by atoms with E-state index < -0.39 is 4.92 Å². The van der Waals surface area contributed by atoms with E-state index in [1.807, 2.05) is 0 Å². The topological polar surface area (TPSA) is 129 Å². The van der Waals surface area contributed by atoms with Crippen LogP contribution in [0.25, 0.3) is 0 Å². The van der Waals surface area contributed by atoms with Crippen LogP contribution in [0, 0.1) is 16.0 Å². The minimum absolute atomic E-state index is 0.0236. The van der Waals surface area contributed by atoms with Crippen LogP contribution in [0.2, 0.25) is 0 Å². The molecule has 0 amide bonds.